The minimum Gasteiger partial charge on any atom is -0.0985 e. The molecule has 0 saturated heterocycles. The fourth-order valence-corrected chi connectivity index (χ4v) is 0.946. The van der Waals surface area contributed by atoms with Gasteiger partial charge in [-0.25, -0.2) is 0 Å². The minimum absolute atomic E-state index is 0.569. The van der Waals surface area contributed by atoms with Crippen molar-refractivity contribution in [2.75, 3.05) is 0 Å². The molecule has 0 spiro atoms. The van der Waals surface area contributed by atoms with Crippen LogP contribution in [0.3, 0.4) is 0 Å². The Bertz CT molecular complexity index is 253. The topological polar surface area (TPSA) is 0 Å². The lowest BCUT2D eigenvalue weighted by molar-refractivity contribution is 1.66. The Balaban J connectivity index is 3.16. The zero-order valence-electron chi connectivity index (χ0n) is 5.27. The summed E-state index contributed by atoms with van der Waals surface area (Å²) in [6.07, 6.45) is 1.72. The Labute approximate surface area is 70.1 Å². The fraction of sp³-hybridized carbons (Fsp3) is 0. The van der Waals surface area contributed by atoms with Crippen LogP contribution in [0.25, 0.3) is 6.08 Å². The van der Waals surface area contributed by atoms with Gasteiger partial charge in [-0.15, -0.1) is 0 Å². The molecule has 0 aliphatic carbocycles. The third-order valence-electron chi connectivity index (χ3n) is 1.18. The standard InChI is InChI=1S/C8H6Cl2/c1-2-6-3-4-7(9)8(10)5-6/h2-5H,1H2. The highest BCUT2D eigenvalue weighted by Crippen LogP contribution is 2.22. The van der Waals surface area contributed by atoms with Crippen LogP contribution in [-0.4, -0.2) is 0 Å². The van der Waals surface area contributed by atoms with E-state index >= 15 is 0 Å². The van der Waals surface area contributed by atoms with Crippen molar-refractivity contribution in [2.24, 2.45) is 0 Å². The Morgan fingerprint density at radius 1 is 1.20 bits per heavy atom. The Morgan fingerprint density at radius 2 is 1.90 bits per heavy atom. The molecule has 0 unspecified atom stereocenters. The van der Waals surface area contributed by atoms with Gasteiger partial charge in [0.25, 0.3) is 0 Å². The van der Waals surface area contributed by atoms with Crippen LogP contribution in [0.2, 0.25) is 10.0 Å². The average Bonchev–Trinajstić information content (AvgIpc) is 1.95. The summed E-state index contributed by atoms with van der Waals surface area (Å²) in [5.41, 5.74) is 0.981. The highest BCUT2D eigenvalue weighted by atomic mass is 35.5. The van der Waals surface area contributed by atoms with Crippen LogP contribution in [0.5, 0.6) is 0 Å². The van der Waals surface area contributed by atoms with Crippen molar-refractivity contribution in [1.29, 1.82) is 0 Å². The van der Waals surface area contributed by atoms with Crippen LogP contribution >= 0.6 is 23.2 Å². The van der Waals surface area contributed by atoms with E-state index in [-0.39, 0.29) is 0 Å². The molecule has 0 heterocycles. The van der Waals surface area contributed by atoms with Crippen LogP contribution in [-0.2, 0) is 0 Å². The Morgan fingerprint density at radius 3 is 2.40 bits per heavy atom. The van der Waals surface area contributed by atoms with Crippen molar-refractivity contribution >= 4 is 29.3 Å². The van der Waals surface area contributed by atoms with E-state index in [0.29, 0.717) is 10.0 Å². The summed E-state index contributed by atoms with van der Waals surface area (Å²) in [5.74, 6) is 0. The molecule has 1 rings (SSSR count). The van der Waals surface area contributed by atoms with Gasteiger partial charge in [-0.05, 0) is 17.7 Å². The molecule has 10 heavy (non-hydrogen) atoms. The van der Waals surface area contributed by atoms with Gasteiger partial charge < -0.3 is 0 Å². The fourth-order valence-electron chi connectivity index (χ4n) is 0.639. The highest BCUT2D eigenvalue weighted by Gasteiger charge is 1.94. The van der Waals surface area contributed by atoms with E-state index in [1.165, 1.54) is 0 Å². The SMILES string of the molecule is C=Cc1ccc(Cl)c(Cl)c1. The van der Waals surface area contributed by atoms with Gasteiger partial charge in [0, 0.05) is 0 Å². The largest absolute Gasteiger partial charge is 0.0985 e. The average molecular weight is 173 g/mol. The van der Waals surface area contributed by atoms with Crippen molar-refractivity contribution in [3.8, 4) is 0 Å². The zero-order chi connectivity index (χ0) is 7.56. The molecule has 0 aliphatic heterocycles. The van der Waals surface area contributed by atoms with Crippen molar-refractivity contribution in [3.05, 3.63) is 40.4 Å². The second-order valence-electron chi connectivity index (χ2n) is 1.88. The monoisotopic (exact) mass is 172 g/mol. The van der Waals surface area contributed by atoms with Gasteiger partial charge in [-0.1, -0.05) is 41.9 Å². The van der Waals surface area contributed by atoms with E-state index in [0.717, 1.165) is 5.56 Å². The van der Waals surface area contributed by atoms with Crippen molar-refractivity contribution < 1.29 is 0 Å². The van der Waals surface area contributed by atoms with E-state index in [4.69, 9.17) is 23.2 Å². The van der Waals surface area contributed by atoms with Gasteiger partial charge in [-0.3, -0.25) is 0 Å². The predicted molar refractivity (Wildman–Crippen MR) is 46.6 cm³/mol. The number of rotatable bonds is 1. The molecule has 0 amide bonds. The summed E-state index contributed by atoms with van der Waals surface area (Å²) < 4.78 is 0. The van der Waals surface area contributed by atoms with Gasteiger partial charge >= 0.3 is 0 Å². The van der Waals surface area contributed by atoms with E-state index in [2.05, 4.69) is 6.58 Å². The minimum atomic E-state index is 0.569. The van der Waals surface area contributed by atoms with Crippen LogP contribution in [0, 0.1) is 0 Å². The normalized spacial score (nSPS) is 9.40. The lowest BCUT2D eigenvalue weighted by atomic mass is 10.2. The molecule has 1 aromatic carbocycles. The van der Waals surface area contributed by atoms with Gasteiger partial charge in [0.2, 0.25) is 0 Å². The number of hydrogen-bond donors (Lipinski definition) is 0. The summed E-state index contributed by atoms with van der Waals surface area (Å²) in [6.45, 7) is 3.60. The molecule has 0 aliphatic rings. The summed E-state index contributed by atoms with van der Waals surface area (Å²) in [7, 11) is 0. The molecule has 0 aromatic heterocycles. The number of halogens is 2. The van der Waals surface area contributed by atoms with Gasteiger partial charge in [0.1, 0.15) is 0 Å². The molecule has 1 aromatic rings. The van der Waals surface area contributed by atoms with Crippen molar-refractivity contribution in [3.63, 3.8) is 0 Å². The van der Waals surface area contributed by atoms with E-state index < -0.39 is 0 Å². The van der Waals surface area contributed by atoms with E-state index in [9.17, 15) is 0 Å². The molecule has 0 saturated carbocycles. The lowest BCUT2D eigenvalue weighted by Crippen LogP contribution is -1.71. The first-order chi connectivity index (χ1) is 4.74. The second-order valence-corrected chi connectivity index (χ2v) is 2.69. The van der Waals surface area contributed by atoms with Crippen LogP contribution in [0.1, 0.15) is 5.56 Å². The molecule has 0 radical (unpaired) electrons. The summed E-state index contributed by atoms with van der Waals surface area (Å²) in [6, 6.07) is 5.39. The van der Waals surface area contributed by atoms with Crippen LogP contribution in [0.4, 0.5) is 0 Å². The predicted octanol–water partition coefficient (Wildman–Crippen LogP) is 3.64. The van der Waals surface area contributed by atoms with Crippen molar-refractivity contribution in [1.82, 2.24) is 0 Å². The first-order valence-corrected chi connectivity index (χ1v) is 3.57. The third-order valence-corrected chi connectivity index (χ3v) is 1.92. The number of benzene rings is 1. The first-order valence-electron chi connectivity index (χ1n) is 2.81. The Hall–Kier alpha value is -0.460. The molecule has 52 valence electrons. The van der Waals surface area contributed by atoms with Gasteiger partial charge in [-0.2, -0.15) is 0 Å². The van der Waals surface area contributed by atoms with Gasteiger partial charge in [0.15, 0.2) is 0 Å². The molecule has 0 N–H and O–H groups in total. The maximum atomic E-state index is 5.71. The highest BCUT2D eigenvalue weighted by molar-refractivity contribution is 6.42. The molecular weight excluding hydrogens is 167 g/mol. The van der Waals surface area contributed by atoms with Crippen LogP contribution < -0.4 is 0 Å². The van der Waals surface area contributed by atoms with Gasteiger partial charge in [0.05, 0.1) is 10.0 Å². The van der Waals surface area contributed by atoms with E-state index in [1.807, 2.05) is 6.07 Å². The smallest absolute Gasteiger partial charge is 0.0598 e. The van der Waals surface area contributed by atoms with Crippen LogP contribution in [0.15, 0.2) is 24.8 Å². The second kappa shape index (κ2) is 3.09. The maximum Gasteiger partial charge on any atom is 0.0598 e. The lowest BCUT2D eigenvalue weighted by Gasteiger charge is -1.95. The zero-order valence-corrected chi connectivity index (χ0v) is 6.78. The molecule has 0 bridgehead atoms. The summed E-state index contributed by atoms with van der Waals surface area (Å²) >= 11 is 11.4. The number of hydrogen-bond acceptors (Lipinski definition) is 0. The third kappa shape index (κ3) is 1.53. The van der Waals surface area contributed by atoms with Crippen molar-refractivity contribution in [2.45, 2.75) is 0 Å². The van der Waals surface area contributed by atoms with E-state index in [1.54, 1.807) is 18.2 Å². The molecule has 0 nitrogen and oxygen atoms in total. The molecule has 2 heteroatoms. The summed E-state index contributed by atoms with van der Waals surface area (Å²) in [5, 5.41) is 1.14. The maximum absolute atomic E-state index is 5.71. The quantitative estimate of drug-likeness (QED) is 0.608. The molecular formula is C8H6Cl2. The Kier molecular flexibility index (Phi) is 2.36. The molecule has 0 fully saturated rings. The summed E-state index contributed by atoms with van der Waals surface area (Å²) in [4.78, 5) is 0. The first kappa shape index (κ1) is 7.64. The molecule has 0 atom stereocenters.